The lowest BCUT2D eigenvalue weighted by atomic mass is 9.94. The minimum atomic E-state index is 0.591. The van der Waals surface area contributed by atoms with Gasteiger partial charge in [0.15, 0.2) is 34.9 Å². The number of rotatable bonds is 10. The van der Waals surface area contributed by atoms with Crippen LogP contribution in [0.25, 0.3) is 189 Å². The van der Waals surface area contributed by atoms with Crippen LogP contribution >= 0.6 is 0 Å². The highest BCUT2D eigenvalue weighted by molar-refractivity contribution is 6.23. The van der Waals surface area contributed by atoms with E-state index in [1.165, 1.54) is 10.8 Å². The van der Waals surface area contributed by atoms with Crippen molar-refractivity contribution < 1.29 is 8.83 Å². The fourth-order valence-corrected chi connectivity index (χ4v) is 14.4. The Labute approximate surface area is 573 Å². The zero-order chi connectivity index (χ0) is 66.0. The molecule has 10 nitrogen and oxygen atoms in total. The van der Waals surface area contributed by atoms with Crippen LogP contribution in [0.4, 0.5) is 0 Å². The summed E-state index contributed by atoms with van der Waals surface area (Å²) >= 11 is 0. The maximum absolute atomic E-state index is 6.92. The van der Waals surface area contributed by atoms with E-state index in [0.29, 0.717) is 34.9 Å². The van der Waals surface area contributed by atoms with E-state index in [9.17, 15) is 0 Å². The Morgan fingerprint density at radius 3 is 1.00 bits per heavy atom. The number of para-hydroxylation sites is 4. The molecule has 0 aliphatic carbocycles. The van der Waals surface area contributed by atoms with Gasteiger partial charge in [-0.3, -0.25) is 0 Å². The van der Waals surface area contributed by atoms with E-state index in [2.05, 4.69) is 215 Å². The normalized spacial score (nSPS) is 11.6. The lowest BCUT2D eigenvalue weighted by Crippen LogP contribution is -2.01. The molecule has 0 aliphatic rings. The topological polar surface area (TPSA) is 113 Å². The average molecular weight is 1280 g/mol. The van der Waals surface area contributed by atoms with Crippen LogP contribution in [0.15, 0.2) is 349 Å². The first-order valence-electron chi connectivity index (χ1n) is 33.4. The van der Waals surface area contributed by atoms with Crippen molar-refractivity contribution in [2.45, 2.75) is 0 Å². The summed E-state index contributed by atoms with van der Waals surface area (Å²) in [5.41, 5.74) is 19.6. The minimum absolute atomic E-state index is 0.591. The van der Waals surface area contributed by atoms with Gasteiger partial charge >= 0.3 is 0 Å². The molecule has 0 bridgehead atoms. The number of hydrogen-bond acceptors (Lipinski definition) is 8. The molecule has 10 heteroatoms. The van der Waals surface area contributed by atoms with Crippen LogP contribution in [0.5, 0.6) is 0 Å². The highest BCUT2D eigenvalue weighted by Crippen LogP contribution is 2.47. The molecule has 468 valence electrons. The van der Waals surface area contributed by atoms with Crippen molar-refractivity contribution in [1.29, 1.82) is 0 Å². The van der Waals surface area contributed by atoms with E-state index in [1.807, 2.05) is 133 Å². The largest absolute Gasteiger partial charge is 0.456 e. The van der Waals surface area contributed by atoms with Gasteiger partial charge in [0.1, 0.15) is 22.3 Å². The third-order valence-corrected chi connectivity index (χ3v) is 18.9. The molecule has 20 rings (SSSR count). The van der Waals surface area contributed by atoms with Crippen molar-refractivity contribution in [1.82, 2.24) is 39.0 Å². The van der Waals surface area contributed by atoms with Gasteiger partial charge in [-0.15, -0.1) is 0 Å². The summed E-state index contributed by atoms with van der Waals surface area (Å²) in [5, 5.41) is 8.57. The van der Waals surface area contributed by atoms with Gasteiger partial charge in [0.2, 0.25) is 0 Å². The SMILES string of the molecule is c1ccc(-c2nc(-c3ccccc3)nc(-c3c(-c4ccccc4)ccc4oc5cc6c7ccccc7n(-c7ccccc7)c6cc5c34)n2)cc1.c1ccc(-c2nc(-c3ccccc3)nc(-c3ccc(-c4ccccc4)c4oc5cc6c7ccccc7n(-c7ccccc7)c6cc5c34)n2)cc1. The second kappa shape index (κ2) is 24.2. The van der Waals surface area contributed by atoms with E-state index in [4.69, 9.17) is 38.7 Å². The smallest absolute Gasteiger partial charge is 0.165 e. The van der Waals surface area contributed by atoms with Crippen LogP contribution < -0.4 is 0 Å². The van der Waals surface area contributed by atoms with Crippen molar-refractivity contribution in [3.8, 4) is 102 Å². The number of hydrogen-bond donors (Lipinski definition) is 0. The first kappa shape index (κ1) is 57.7. The summed E-state index contributed by atoms with van der Waals surface area (Å²) in [7, 11) is 0. The summed E-state index contributed by atoms with van der Waals surface area (Å²) in [6.45, 7) is 0. The van der Waals surface area contributed by atoms with Gasteiger partial charge in [-0.05, 0) is 102 Å². The molecule has 20 aromatic rings. The number of nitrogens with zero attached hydrogens (tertiary/aromatic N) is 8. The van der Waals surface area contributed by atoms with Crippen LogP contribution in [0.2, 0.25) is 0 Å². The maximum Gasteiger partial charge on any atom is 0.165 e. The Bertz CT molecular complexity index is 6290. The van der Waals surface area contributed by atoms with Crippen molar-refractivity contribution in [2.75, 3.05) is 0 Å². The van der Waals surface area contributed by atoms with Gasteiger partial charge in [0.05, 0.1) is 22.1 Å². The molecule has 6 heterocycles. The molecule has 0 N–H and O–H groups in total. The fourth-order valence-electron chi connectivity index (χ4n) is 14.4. The maximum atomic E-state index is 6.92. The van der Waals surface area contributed by atoms with E-state index >= 15 is 0 Å². The number of fused-ring (bicyclic) bond motifs is 12. The summed E-state index contributed by atoms with van der Waals surface area (Å²) in [4.78, 5) is 30.6. The lowest BCUT2D eigenvalue weighted by molar-refractivity contribution is 0.669. The highest BCUT2D eigenvalue weighted by Gasteiger charge is 2.26. The molecule has 6 aromatic heterocycles. The molecule has 0 radical (unpaired) electrons. The van der Waals surface area contributed by atoms with E-state index in [1.54, 1.807) is 0 Å². The van der Waals surface area contributed by atoms with Crippen LogP contribution in [-0.2, 0) is 0 Å². The first-order chi connectivity index (χ1) is 49.6. The quantitative estimate of drug-likeness (QED) is 0.133. The van der Waals surface area contributed by atoms with Gasteiger partial charge in [0, 0.05) is 93.4 Å². The summed E-state index contributed by atoms with van der Waals surface area (Å²) < 4.78 is 18.3. The Kier molecular flexibility index (Phi) is 14.0. The van der Waals surface area contributed by atoms with E-state index in [0.717, 1.165) is 144 Å². The average Bonchev–Trinajstić information content (AvgIpc) is 1.56. The van der Waals surface area contributed by atoms with E-state index < -0.39 is 0 Å². The molecule has 0 atom stereocenters. The zero-order valence-electron chi connectivity index (χ0n) is 53.7. The van der Waals surface area contributed by atoms with Crippen LogP contribution in [0.3, 0.4) is 0 Å². The van der Waals surface area contributed by atoms with Gasteiger partial charge in [-0.1, -0.05) is 255 Å². The number of furan rings is 2. The first-order valence-corrected chi connectivity index (χ1v) is 33.4. The third kappa shape index (κ3) is 9.96. The second-order valence-corrected chi connectivity index (χ2v) is 24.8. The monoisotopic (exact) mass is 1280 g/mol. The molecule has 14 aromatic carbocycles. The molecule has 0 aliphatic heterocycles. The number of aromatic nitrogens is 8. The van der Waals surface area contributed by atoms with Gasteiger partial charge in [-0.2, -0.15) is 0 Å². The van der Waals surface area contributed by atoms with Crippen LogP contribution in [0, 0.1) is 0 Å². The molecule has 0 fully saturated rings. The Hall–Kier alpha value is -13.7. The van der Waals surface area contributed by atoms with Gasteiger partial charge < -0.3 is 18.0 Å². The Balaban J connectivity index is 0.000000139. The Morgan fingerprint density at radius 1 is 0.210 bits per heavy atom. The zero-order valence-corrected chi connectivity index (χ0v) is 53.7. The standard InChI is InChI=1S/2C45H28N4O/c1-5-15-29(16-6-1)33-25-26-39-41(42(33)45-47-43(30-17-7-2-8-18-30)46-44(48-45)31-19-9-3-10-20-31)36-27-38-35(28-40(36)50-39)34-23-13-14-24-37(34)49(38)32-21-11-4-12-22-32;1-5-15-29(16-6-1)33-25-26-35(45-47-43(30-17-7-2-8-18-30)46-44(48-45)31-19-9-3-10-20-31)41-37-27-39-36(28-40(37)50-42(33)41)34-23-13-14-24-38(34)49(39)32-21-11-4-12-22-32/h2*1-28H. The van der Waals surface area contributed by atoms with E-state index in [-0.39, 0.29) is 0 Å². The Morgan fingerprint density at radius 2 is 0.550 bits per heavy atom. The van der Waals surface area contributed by atoms with Crippen molar-refractivity contribution in [3.05, 3.63) is 340 Å². The molecular weight excluding hydrogens is 1230 g/mol. The lowest BCUT2D eigenvalue weighted by Gasteiger charge is -2.13. The van der Waals surface area contributed by atoms with Crippen molar-refractivity contribution in [2.24, 2.45) is 0 Å². The summed E-state index contributed by atoms with van der Waals surface area (Å²) in [6.07, 6.45) is 0. The van der Waals surface area contributed by atoms with Crippen LogP contribution in [-0.4, -0.2) is 39.0 Å². The third-order valence-electron chi connectivity index (χ3n) is 18.9. The molecular formula is C90H56N8O2. The predicted octanol–water partition coefficient (Wildman–Crippen LogP) is 23.1. The van der Waals surface area contributed by atoms with Gasteiger partial charge in [0.25, 0.3) is 0 Å². The van der Waals surface area contributed by atoms with Crippen LogP contribution in [0.1, 0.15) is 0 Å². The molecule has 0 saturated heterocycles. The highest BCUT2D eigenvalue weighted by atomic mass is 16.3. The van der Waals surface area contributed by atoms with Gasteiger partial charge in [-0.25, -0.2) is 29.9 Å². The van der Waals surface area contributed by atoms with Crippen molar-refractivity contribution >= 4 is 87.5 Å². The molecule has 0 saturated carbocycles. The molecule has 100 heavy (non-hydrogen) atoms. The molecule has 0 amide bonds. The summed E-state index contributed by atoms with van der Waals surface area (Å²) in [5.74, 6) is 3.65. The minimum Gasteiger partial charge on any atom is -0.456 e. The molecule has 0 spiro atoms. The van der Waals surface area contributed by atoms with Crippen molar-refractivity contribution in [3.63, 3.8) is 0 Å². The second-order valence-electron chi connectivity index (χ2n) is 24.8. The number of benzene rings is 14. The molecule has 0 unspecified atom stereocenters. The predicted molar refractivity (Wildman–Crippen MR) is 406 cm³/mol. The summed E-state index contributed by atoms with van der Waals surface area (Å²) in [6, 6.07) is 117. The fraction of sp³-hybridized carbons (Fsp3) is 0.